The Kier molecular flexibility index (Phi) is 4.42. The number of hydrogen-bond acceptors (Lipinski definition) is 4. The van der Waals surface area contributed by atoms with Crippen molar-refractivity contribution < 1.29 is 4.79 Å². The number of nitrogens with one attached hydrogen (secondary N) is 1. The van der Waals surface area contributed by atoms with Gasteiger partial charge in [-0.1, -0.05) is 13.8 Å². The predicted molar refractivity (Wildman–Crippen MR) is 60.5 cm³/mol. The largest absolute Gasteiger partial charge is 0.348 e. The standard InChI is InChI=1S/C10H19N5O/c1-3-10(4-2,6-11)14-9(16)5-15-8-12-7-13-15/h7-8H,3-6,11H2,1-2H3,(H,14,16). The highest BCUT2D eigenvalue weighted by molar-refractivity contribution is 5.76. The van der Waals surface area contributed by atoms with E-state index < -0.39 is 0 Å². The smallest absolute Gasteiger partial charge is 0.242 e. The van der Waals surface area contributed by atoms with Gasteiger partial charge in [-0.25, -0.2) is 9.67 Å². The fraction of sp³-hybridized carbons (Fsp3) is 0.700. The number of carbonyl (C=O) groups excluding carboxylic acids is 1. The van der Waals surface area contributed by atoms with Crippen molar-refractivity contribution in [3.05, 3.63) is 12.7 Å². The molecule has 90 valence electrons. The Bertz CT molecular complexity index is 310. The van der Waals surface area contributed by atoms with Crippen LogP contribution in [0.5, 0.6) is 0 Å². The Morgan fingerprint density at radius 2 is 2.19 bits per heavy atom. The minimum atomic E-state index is -0.294. The van der Waals surface area contributed by atoms with Crippen molar-refractivity contribution >= 4 is 5.91 Å². The van der Waals surface area contributed by atoms with Gasteiger partial charge in [0, 0.05) is 6.54 Å². The van der Waals surface area contributed by atoms with E-state index in [1.165, 1.54) is 17.3 Å². The second kappa shape index (κ2) is 5.60. The molecule has 0 radical (unpaired) electrons. The molecule has 1 aromatic heterocycles. The number of aromatic nitrogens is 3. The van der Waals surface area contributed by atoms with Crippen LogP contribution in [0.3, 0.4) is 0 Å². The first kappa shape index (κ1) is 12.6. The Hall–Kier alpha value is -1.43. The number of carbonyl (C=O) groups is 1. The average molecular weight is 225 g/mol. The number of nitrogens with two attached hydrogens (primary N) is 1. The zero-order valence-corrected chi connectivity index (χ0v) is 9.81. The van der Waals surface area contributed by atoms with E-state index in [1.54, 1.807) is 0 Å². The molecule has 0 spiro atoms. The van der Waals surface area contributed by atoms with Crippen LogP contribution in [0.25, 0.3) is 0 Å². The third-order valence-corrected chi connectivity index (χ3v) is 2.92. The van der Waals surface area contributed by atoms with Crippen LogP contribution in [-0.2, 0) is 11.3 Å². The molecule has 0 saturated carbocycles. The Morgan fingerprint density at radius 3 is 2.62 bits per heavy atom. The molecule has 0 bridgehead atoms. The lowest BCUT2D eigenvalue weighted by atomic mass is 9.93. The number of nitrogens with zero attached hydrogens (tertiary/aromatic N) is 3. The van der Waals surface area contributed by atoms with Gasteiger partial charge in [0.1, 0.15) is 19.2 Å². The molecule has 3 N–H and O–H groups in total. The maximum atomic E-state index is 11.7. The van der Waals surface area contributed by atoms with E-state index >= 15 is 0 Å². The predicted octanol–water partition coefficient (Wildman–Crippen LogP) is -0.0882. The lowest BCUT2D eigenvalue weighted by molar-refractivity contribution is -0.123. The van der Waals surface area contributed by atoms with Crippen molar-refractivity contribution in [2.24, 2.45) is 5.73 Å². The van der Waals surface area contributed by atoms with Crippen molar-refractivity contribution in [1.82, 2.24) is 20.1 Å². The zero-order valence-electron chi connectivity index (χ0n) is 9.81. The normalized spacial score (nSPS) is 11.4. The number of hydrogen-bond donors (Lipinski definition) is 2. The summed E-state index contributed by atoms with van der Waals surface area (Å²) in [4.78, 5) is 15.5. The fourth-order valence-electron chi connectivity index (χ4n) is 1.56. The van der Waals surface area contributed by atoms with Crippen LogP contribution < -0.4 is 11.1 Å². The molecule has 1 amide bonds. The van der Waals surface area contributed by atoms with E-state index in [4.69, 9.17) is 5.73 Å². The highest BCUT2D eigenvalue weighted by Gasteiger charge is 2.26. The summed E-state index contributed by atoms with van der Waals surface area (Å²) in [5, 5.41) is 6.84. The lowest BCUT2D eigenvalue weighted by Crippen LogP contribution is -2.53. The molecule has 1 heterocycles. The van der Waals surface area contributed by atoms with Crippen LogP contribution in [0, 0.1) is 0 Å². The van der Waals surface area contributed by atoms with Crippen molar-refractivity contribution in [1.29, 1.82) is 0 Å². The molecule has 6 nitrogen and oxygen atoms in total. The molecule has 0 saturated heterocycles. The highest BCUT2D eigenvalue weighted by atomic mass is 16.2. The molecule has 16 heavy (non-hydrogen) atoms. The van der Waals surface area contributed by atoms with Crippen molar-refractivity contribution in [3.63, 3.8) is 0 Å². The molecule has 1 rings (SSSR count). The van der Waals surface area contributed by atoms with Gasteiger partial charge in [-0.05, 0) is 12.8 Å². The molecular weight excluding hydrogens is 206 g/mol. The molecule has 0 aromatic carbocycles. The molecular formula is C10H19N5O. The topological polar surface area (TPSA) is 85.8 Å². The first-order valence-electron chi connectivity index (χ1n) is 5.49. The van der Waals surface area contributed by atoms with Crippen LogP contribution >= 0.6 is 0 Å². The van der Waals surface area contributed by atoms with E-state index in [0.717, 1.165) is 12.8 Å². The summed E-state index contributed by atoms with van der Waals surface area (Å²) in [6, 6.07) is 0. The number of rotatable bonds is 6. The molecule has 0 aliphatic rings. The lowest BCUT2D eigenvalue weighted by Gasteiger charge is -2.31. The summed E-state index contributed by atoms with van der Waals surface area (Å²) in [5.74, 6) is -0.0837. The fourth-order valence-corrected chi connectivity index (χ4v) is 1.56. The van der Waals surface area contributed by atoms with Crippen LogP contribution in [-0.4, -0.2) is 32.8 Å². The van der Waals surface area contributed by atoms with E-state index in [2.05, 4.69) is 15.4 Å². The van der Waals surface area contributed by atoms with Gasteiger partial charge in [-0.15, -0.1) is 0 Å². The van der Waals surface area contributed by atoms with Crippen molar-refractivity contribution in [2.75, 3.05) is 6.54 Å². The Morgan fingerprint density at radius 1 is 1.50 bits per heavy atom. The second-order valence-corrected chi connectivity index (χ2v) is 3.83. The summed E-state index contributed by atoms with van der Waals surface area (Å²) >= 11 is 0. The van der Waals surface area contributed by atoms with Crippen LogP contribution in [0.2, 0.25) is 0 Å². The Balaban J connectivity index is 2.55. The summed E-state index contributed by atoms with van der Waals surface area (Å²) in [6.07, 6.45) is 4.57. The molecule has 0 aliphatic carbocycles. The van der Waals surface area contributed by atoms with Gasteiger partial charge in [0.15, 0.2) is 0 Å². The summed E-state index contributed by atoms with van der Waals surface area (Å²) in [6.45, 7) is 4.67. The highest BCUT2D eigenvalue weighted by Crippen LogP contribution is 2.12. The molecule has 0 aliphatic heterocycles. The van der Waals surface area contributed by atoms with Gasteiger partial charge in [-0.2, -0.15) is 5.10 Å². The summed E-state index contributed by atoms with van der Waals surface area (Å²) < 4.78 is 1.49. The first-order valence-corrected chi connectivity index (χ1v) is 5.49. The zero-order chi connectivity index (χ0) is 12.0. The summed E-state index contributed by atoms with van der Waals surface area (Å²) in [5.41, 5.74) is 5.41. The minimum absolute atomic E-state index is 0.0837. The van der Waals surface area contributed by atoms with Gasteiger partial charge >= 0.3 is 0 Å². The van der Waals surface area contributed by atoms with E-state index in [1.807, 2.05) is 13.8 Å². The average Bonchev–Trinajstić information content (AvgIpc) is 2.79. The van der Waals surface area contributed by atoms with Gasteiger partial charge in [-0.3, -0.25) is 4.79 Å². The second-order valence-electron chi connectivity index (χ2n) is 3.83. The number of amides is 1. The molecule has 1 aromatic rings. The third-order valence-electron chi connectivity index (χ3n) is 2.92. The SMILES string of the molecule is CCC(CC)(CN)NC(=O)Cn1cncn1. The van der Waals surface area contributed by atoms with Gasteiger partial charge < -0.3 is 11.1 Å². The van der Waals surface area contributed by atoms with E-state index in [0.29, 0.717) is 6.54 Å². The van der Waals surface area contributed by atoms with Gasteiger partial charge in [0.05, 0.1) is 5.54 Å². The summed E-state index contributed by atoms with van der Waals surface area (Å²) in [7, 11) is 0. The molecule has 0 fully saturated rings. The molecule has 0 unspecified atom stereocenters. The van der Waals surface area contributed by atoms with Crippen molar-refractivity contribution in [3.8, 4) is 0 Å². The monoisotopic (exact) mass is 225 g/mol. The van der Waals surface area contributed by atoms with Crippen LogP contribution in [0.1, 0.15) is 26.7 Å². The van der Waals surface area contributed by atoms with E-state index in [-0.39, 0.29) is 18.0 Å². The van der Waals surface area contributed by atoms with Crippen molar-refractivity contribution in [2.45, 2.75) is 38.8 Å². The van der Waals surface area contributed by atoms with E-state index in [9.17, 15) is 4.79 Å². The van der Waals surface area contributed by atoms with Gasteiger partial charge in [0.2, 0.25) is 5.91 Å². The maximum absolute atomic E-state index is 11.7. The Labute approximate surface area is 95.2 Å². The minimum Gasteiger partial charge on any atom is -0.348 e. The molecule has 0 atom stereocenters. The third kappa shape index (κ3) is 3.03. The van der Waals surface area contributed by atoms with Gasteiger partial charge in [0.25, 0.3) is 0 Å². The quantitative estimate of drug-likeness (QED) is 0.708. The maximum Gasteiger partial charge on any atom is 0.242 e. The first-order chi connectivity index (χ1) is 7.65. The van der Waals surface area contributed by atoms with Crippen LogP contribution in [0.4, 0.5) is 0 Å². The van der Waals surface area contributed by atoms with Crippen LogP contribution in [0.15, 0.2) is 12.7 Å². The molecule has 6 heteroatoms.